The molecule has 0 bridgehead atoms. The van der Waals surface area contributed by atoms with Crippen LogP contribution in [0.3, 0.4) is 0 Å². The van der Waals surface area contributed by atoms with E-state index in [9.17, 15) is 12.8 Å². The monoisotopic (exact) mass is 503 g/mol. The molecule has 0 saturated heterocycles. The average Bonchev–Trinajstić information content (AvgIpc) is 3.60. The maximum Gasteiger partial charge on any atom is 0.209 e. The summed E-state index contributed by atoms with van der Waals surface area (Å²) >= 11 is 0. The summed E-state index contributed by atoms with van der Waals surface area (Å²) in [6.45, 7) is -0.0463. The first kappa shape index (κ1) is 22.0. The van der Waals surface area contributed by atoms with Crippen molar-refractivity contribution < 1.29 is 12.8 Å². The number of nitrogens with one attached hydrogen (secondary N) is 4. The Bertz CT molecular complexity index is 1840. The van der Waals surface area contributed by atoms with Crippen LogP contribution in [0.25, 0.3) is 56.1 Å². The van der Waals surface area contributed by atoms with E-state index in [0.29, 0.717) is 44.9 Å². The molecule has 0 aliphatic carbocycles. The fraction of sp³-hybridized carbons (Fsp3) is 0.0870. The number of H-pyrrole nitrogens is 3. The number of aromatic amines is 3. The third-order valence-corrected chi connectivity index (χ3v) is 6.27. The van der Waals surface area contributed by atoms with E-state index < -0.39 is 15.8 Å². The van der Waals surface area contributed by atoms with Crippen molar-refractivity contribution in [2.24, 2.45) is 0 Å². The van der Waals surface area contributed by atoms with E-state index in [-0.39, 0.29) is 6.54 Å². The lowest BCUT2D eigenvalue weighted by atomic mass is 10.1. The molecule has 0 aliphatic rings. The molecule has 0 fully saturated rings. The van der Waals surface area contributed by atoms with Crippen molar-refractivity contribution in [2.45, 2.75) is 6.54 Å². The normalized spacial score (nSPS) is 12.1. The van der Waals surface area contributed by atoms with Crippen molar-refractivity contribution in [3.8, 4) is 34.0 Å². The predicted octanol–water partition coefficient (Wildman–Crippen LogP) is 3.14. The van der Waals surface area contributed by atoms with E-state index in [2.05, 4.69) is 35.1 Å². The number of halogens is 1. The van der Waals surface area contributed by atoms with Gasteiger partial charge in [0.05, 0.1) is 34.9 Å². The van der Waals surface area contributed by atoms with Crippen LogP contribution >= 0.6 is 0 Å². The Morgan fingerprint density at radius 1 is 1.00 bits per heavy atom. The summed E-state index contributed by atoms with van der Waals surface area (Å²) in [5, 5.41) is 14.1. The van der Waals surface area contributed by atoms with Crippen LogP contribution in [0.1, 0.15) is 5.56 Å². The quantitative estimate of drug-likeness (QED) is 0.272. The van der Waals surface area contributed by atoms with Gasteiger partial charge in [0.1, 0.15) is 16.9 Å². The number of pyridine rings is 2. The maximum atomic E-state index is 14.4. The average molecular weight is 504 g/mol. The number of imidazole rings is 1. The lowest BCUT2D eigenvalue weighted by Gasteiger charge is -2.07. The molecule has 13 heteroatoms. The van der Waals surface area contributed by atoms with Crippen molar-refractivity contribution in [3.63, 3.8) is 0 Å². The number of rotatable bonds is 6. The number of sulfonamides is 1. The first-order valence-corrected chi connectivity index (χ1v) is 12.7. The number of fused-ring (bicyclic) bond motifs is 2. The fourth-order valence-electron chi connectivity index (χ4n) is 3.98. The molecule has 6 rings (SSSR count). The molecule has 6 aromatic rings. The molecule has 11 nitrogen and oxygen atoms in total. The topological polar surface area (TPSA) is 158 Å². The molecule has 0 spiro atoms. The summed E-state index contributed by atoms with van der Waals surface area (Å²) in [6, 6.07) is 9.81. The highest BCUT2D eigenvalue weighted by Gasteiger charge is 2.18. The van der Waals surface area contributed by atoms with Gasteiger partial charge in [0.15, 0.2) is 11.5 Å². The summed E-state index contributed by atoms with van der Waals surface area (Å²) < 4.78 is 39.7. The Labute approximate surface area is 203 Å². The van der Waals surface area contributed by atoms with E-state index in [1.165, 1.54) is 12.1 Å². The second kappa shape index (κ2) is 8.32. The molecule has 5 heterocycles. The largest absolute Gasteiger partial charge is 0.336 e. The second-order valence-corrected chi connectivity index (χ2v) is 10.1. The summed E-state index contributed by atoms with van der Waals surface area (Å²) in [6.07, 6.45) is 6.08. The number of aromatic nitrogens is 8. The first-order valence-electron chi connectivity index (χ1n) is 10.8. The van der Waals surface area contributed by atoms with E-state index in [1.807, 2.05) is 12.1 Å². The van der Waals surface area contributed by atoms with Crippen LogP contribution in [0.5, 0.6) is 0 Å². The first-order chi connectivity index (χ1) is 17.3. The Morgan fingerprint density at radius 2 is 1.86 bits per heavy atom. The molecule has 0 aliphatic heterocycles. The predicted molar refractivity (Wildman–Crippen MR) is 131 cm³/mol. The number of nitrogens with zero attached hydrogens (tertiary/aromatic N) is 5. The van der Waals surface area contributed by atoms with Crippen molar-refractivity contribution in [3.05, 3.63) is 66.4 Å². The minimum atomic E-state index is -3.43. The number of hydrogen-bond acceptors (Lipinski definition) is 7. The standard InChI is InChI=1S/C23H18FN9O2S/c1-36(34,35)28-9-12-6-13(8-15(24)7-12)19-20-17(4-5-25-19)30-23(31-20)22-21-18(32-33-22)3-2-16(29-21)14-10-26-27-11-14/h2-8,10-11,28H,9H2,1H3,(H,26,27)(H,30,31)(H,32,33). The van der Waals surface area contributed by atoms with Crippen LogP contribution < -0.4 is 4.72 Å². The van der Waals surface area contributed by atoms with Gasteiger partial charge in [-0.25, -0.2) is 27.5 Å². The van der Waals surface area contributed by atoms with Gasteiger partial charge in [0, 0.05) is 30.1 Å². The van der Waals surface area contributed by atoms with Crippen LogP contribution in [0.4, 0.5) is 4.39 Å². The molecule has 4 N–H and O–H groups in total. The van der Waals surface area contributed by atoms with Gasteiger partial charge in [-0.3, -0.25) is 15.2 Å². The number of benzene rings is 1. The molecule has 1 aromatic carbocycles. The minimum absolute atomic E-state index is 0.0463. The molecule has 180 valence electrons. The van der Waals surface area contributed by atoms with Crippen LogP contribution in [-0.2, 0) is 16.6 Å². The van der Waals surface area contributed by atoms with E-state index >= 15 is 0 Å². The Kier molecular flexibility index (Phi) is 5.09. The lowest BCUT2D eigenvalue weighted by molar-refractivity contribution is 0.586. The summed E-state index contributed by atoms with van der Waals surface area (Å²) in [5.74, 6) is -0.0423. The Morgan fingerprint density at radius 3 is 2.67 bits per heavy atom. The molecule has 0 saturated carbocycles. The highest BCUT2D eigenvalue weighted by Crippen LogP contribution is 2.31. The lowest BCUT2D eigenvalue weighted by Crippen LogP contribution is -2.21. The zero-order valence-corrected chi connectivity index (χ0v) is 19.6. The van der Waals surface area contributed by atoms with Crippen LogP contribution in [0, 0.1) is 5.82 Å². The molecule has 0 atom stereocenters. The third kappa shape index (κ3) is 4.10. The second-order valence-electron chi connectivity index (χ2n) is 8.23. The van der Waals surface area contributed by atoms with E-state index in [0.717, 1.165) is 23.0 Å². The summed E-state index contributed by atoms with van der Waals surface area (Å²) in [7, 11) is -3.43. The third-order valence-electron chi connectivity index (χ3n) is 5.60. The fourth-order valence-corrected chi connectivity index (χ4v) is 4.41. The van der Waals surface area contributed by atoms with E-state index in [4.69, 9.17) is 9.97 Å². The minimum Gasteiger partial charge on any atom is -0.336 e. The molecular formula is C23H18FN9O2S. The van der Waals surface area contributed by atoms with Crippen molar-refractivity contribution in [1.82, 2.24) is 45.1 Å². The van der Waals surface area contributed by atoms with Gasteiger partial charge in [-0.2, -0.15) is 10.2 Å². The zero-order chi connectivity index (χ0) is 24.9. The van der Waals surface area contributed by atoms with E-state index in [1.54, 1.807) is 30.7 Å². The van der Waals surface area contributed by atoms with Gasteiger partial charge in [-0.15, -0.1) is 0 Å². The van der Waals surface area contributed by atoms with Crippen molar-refractivity contribution >= 4 is 32.1 Å². The van der Waals surface area contributed by atoms with Crippen LogP contribution in [0.2, 0.25) is 0 Å². The van der Waals surface area contributed by atoms with Gasteiger partial charge in [0.2, 0.25) is 10.0 Å². The molecule has 0 radical (unpaired) electrons. The summed E-state index contributed by atoms with van der Waals surface area (Å²) in [4.78, 5) is 17.1. The van der Waals surface area contributed by atoms with Crippen LogP contribution in [-0.4, -0.2) is 55.0 Å². The van der Waals surface area contributed by atoms with Gasteiger partial charge in [0.25, 0.3) is 0 Å². The van der Waals surface area contributed by atoms with Crippen molar-refractivity contribution in [1.29, 1.82) is 0 Å². The van der Waals surface area contributed by atoms with Gasteiger partial charge in [-0.1, -0.05) is 0 Å². The van der Waals surface area contributed by atoms with Crippen molar-refractivity contribution in [2.75, 3.05) is 6.26 Å². The van der Waals surface area contributed by atoms with Crippen LogP contribution in [0.15, 0.2) is 55.0 Å². The Hall–Kier alpha value is -4.49. The molecule has 5 aromatic heterocycles. The maximum absolute atomic E-state index is 14.4. The Balaban J connectivity index is 1.44. The number of hydrogen-bond donors (Lipinski definition) is 4. The zero-order valence-electron chi connectivity index (χ0n) is 18.7. The highest BCUT2D eigenvalue weighted by molar-refractivity contribution is 7.88. The summed E-state index contributed by atoms with van der Waals surface area (Å²) in [5.41, 5.74) is 6.03. The van der Waals surface area contributed by atoms with Gasteiger partial charge in [-0.05, 0) is 42.0 Å². The molecule has 0 unspecified atom stereocenters. The van der Waals surface area contributed by atoms with Gasteiger partial charge >= 0.3 is 0 Å². The van der Waals surface area contributed by atoms with Gasteiger partial charge < -0.3 is 4.98 Å². The smallest absolute Gasteiger partial charge is 0.209 e. The molecule has 36 heavy (non-hydrogen) atoms. The SMILES string of the molecule is CS(=O)(=O)NCc1cc(F)cc(-c2nccc3[nH]c(-c4n[nH]c5ccc(-c6cn[nH]c6)nc45)nc23)c1. The molecule has 0 amide bonds. The molecular weight excluding hydrogens is 485 g/mol. The highest BCUT2D eigenvalue weighted by atomic mass is 32.2.